The van der Waals surface area contributed by atoms with Crippen LogP contribution in [0.2, 0.25) is 0 Å². The van der Waals surface area contributed by atoms with Crippen LogP contribution in [-0.4, -0.2) is 44.9 Å². The van der Waals surface area contributed by atoms with E-state index in [4.69, 9.17) is 10.1 Å². The average molecular weight is 486 g/mol. The summed E-state index contributed by atoms with van der Waals surface area (Å²) in [5.41, 5.74) is 5.14. The summed E-state index contributed by atoms with van der Waals surface area (Å²) in [5.74, 6) is -1.33. The number of aromatic amines is 1. The monoisotopic (exact) mass is 485 g/mol. The number of nitrogens with one attached hydrogen (secondary N) is 1. The van der Waals surface area contributed by atoms with E-state index in [1.165, 1.54) is 30.5 Å². The van der Waals surface area contributed by atoms with Gasteiger partial charge in [0, 0.05) is 23.9 Å². The van der Waals surface area contributed by atoms with E-state index in [2.05, 4.69) is 22.0 Å². The van der Waals surface area contributed by atoms with Gasteiger partial charge in [0.15, 0.2) is 5.88 Å². The molecule has 3 N–H and O–H groups in total. The van der Waals surface area contributed by atoms with Crippen LogP contribution in [0.1, 0.15) is 41.5 Å². The van der Waals surface area contributed by atoms with E-state index < -0.39 is 11.8 Å². The summed E-state index contributed by atoms with van der Waals surface area (Å²) in [6.45, 7) is 3.18. The minimum atomic E-state index is -0.842. The molecule has 184 valence electrons. The Kier molecular flexibility index (Phi) is 6.82. The lowest BCUT2D eigenvalue weighted by molar-refractivity contribution is -0.136. The lowest BCUT2D eigenvalue weighted by Crippen LogP contribution is -2.18. The van der Waals surface area contributed by atoms with Gasteiger partial charge in [0.2, 0.25) is 0 Å². The first-order valence-corrected chi connectivity index (χ1v) is 12.2. The van der Waals surface area contributed by atoms with Crippen LogP contribution in [0.3, 0.4) is 0 Å². The smallest absolute Gasteiger partial charge is 0.303 e. The van der Waals surface area contributed by atoms with Gasteiger partial charge in [-0.25, -0.2) is 9.38 Å². The Morgan fingerprint density at radius 2 is 1.67 bits per heavy atom. The average Bonchev–Trinajstić information content (AvgIpc) is 3.49. The molecule has 0 amide bonds. The third kappa shape index (κ3) is 5.31. The van der Waals surface area contributed by atoms with E-state index >= 15 is 0 Å². The SMILES string of the molecule is O=C(O)CCc1ccc(C(=Nc2ccc(CN3CCCC3)cc2)c2c(O)[nH]c3cc(F)ccc23)cc1. The summed E-state index contributed by atoms with van der Waals surface area (Å²) < 4.78 is 13.8. The molecule has 2 heterocycles. The van der Waals surface area contributed by atoms with E-state index in [1.807, 2.05) is 36.4 Å². The van der Waals surface area contributed by atoms with Crippen LogP contribution >= 0.6 is 0 Å². The second-order valence-corrected chi connectivity index (χ2v) is 9.24. The maximum atomic E-state index is 13.8. The van der Waals surface area contributed by atoms with Crippen LogP contribution < -0.4 is 0 Å². The maximum Gasteiger partial charge on any atom is 0.303 e. The van der Waals surface area contributed by atoms with Crippen LogP contribution in [-0.2, 0) is 17.8 Å². The van der Waals surface area contributed by atoms with E-state index in [1.54, 1.807) is 6.07 Å². The van der Waals surface area contributed by atoms with Gasteiger partial charge in [0.1, 0.15) is 5.82 Å². The van der Waals surface area contributed by atoms with Crippen molar-refractivity contribution in [1.82, 2.24) is 9.88 Å². The predicted octanol–water partition coefficient (Wildman–Crippen LogP) is 5.79. The number of carbonyl (C=O) groups is 1. The number of fused-ring (bicyclic) bond motifs is 1. The normalized spacial score (nSPS) is 14.5. The number of benzene rings is 3. The van der Waals surface area contributed by atoms with Gasteiger partial charge in [-0.1, -0.05) is 36.4 Å². The third-order valence-corrected chi connectivity index (χ3v) is 6.61. The standard InChI is InChI=1S/C29H28FN3O3/c30-22-10-13-24-25(17-22)32-29(36)27(24)28(21-8-3-19(4-9-21)7-14-26(34)35)31-23-11-5-20(6-12-23)18-33-15-1-2-16-33/h3-6,8-13,17,32,36H,1-2,7,14-16,18H2,(H,34,35). The number of nitrogens with zero attached hydrogens (tertiary/aromatic N) is 2. The van der Waals surface area contributed by atoms with Gasteiger partial charge in [-0.2, -0.15) is 0 Å². The van der Waals surface area contributed by atoms with E-state index in [0.717, 1.165) is 36.4 Å². The number of carboxylic acids is 1. The van der Waals surface area contributed by atoms with Crippen molar-refractivity contribution in [2.24, 2.45) is 4.99 Å². The molecule has 0 atom stereocenters. The molecule has 0 radical (unpaired) electrons. The summed E-state index contributed by atoms with van der Waals surface area (Å²) >= 11 is 0. The number of likely N-dealkylation sites (tertiary alicyclic amines) is 1. The van der Waals surface area contributed by atoms with Crippen molar-refractivity contribution in [2.75, 3.05) is 13.1 Å². The van der Waals surface area contributed by atoms with E-state index in [0.29, 0.717) is 28.6 Å². The van der Waals surface area contributed by atoms with Gasteiger partial charge in [0.25, 0.3) is 0 Å². The van der Waals surface area contributed by atoms with Crippen molar-refractivity contribution in [3.63, 3.8) is 0 Å². The molecule has 0 unspecified atom stereocenters. The topological polar surface area (TPSA) is 88.9 Å². The number of aromatic hydroxyl groups is 1. The molecule has 6 nitrogen and oxygen atoms in total. The van der Waals surface area contributed by atoms with Gasteiger partial charge in [0.05, 0.1) is 22.5 Å². The fourth-order valence-corrected chi connectivity index (χ4v) is 4.74. The number of aryl methyl sites for hydroxylation is 1. The highest BCUT2D eigenvalue weighted by molar-refractivity contribution is 6.21. The van der Waals surface area contributed by atoms with E-state index in [9.17, 15) is 14.3 Å². The number of aliphatic imine (C=N–C) groups is 1. The quantitative estimate of drug-likeness (QED) is 0.276. The van der Waals surface area contributed by atoms with E-state index in [-0.39, 0.29) is 12.3 Å². The molecular weight excluding hydrogens is 457 g/mol. The zero-order chi connectivity index (χ0) is 25.1. The zero-order valence-electron chi connectivity index (χ0n) is 19.9. The molecule has 36 heavy (non-hydrogen) atoms. The Bertz CT molecular complexity index is 1400. The van der Waals surface area contributed by atoms with Crippen LogP contribution in [0, 0.1) is 5.82 Å². The molecule has 0 spiro atoms. The molecule has 1 aliphatic heterocycles. The van der Waals surface area contributed by atoms with Crippen molar-refractivity contribution < 1.29 is 19.4 Å². The molecule has 1 saturated heterocycles. The summed E-state index contributed by atoms with van der Waals surface area (Å²) in [4.78, 5) is 21.2. The van der Waals surface area contributed by atoms with Crippen molar-refractivity contribution in [1.29, 1.82) is 0 Å². The Hall–Kier alpha value is -3.97. The number of aliphatic carboxylic acids is 1. The number of halogens is 1. The predicted molar refractivity (Wildman–Crippen MR) is 139 cm³/mol. The molecule has 7 heteroatoms. The highest BCUT2D eigenvalue weighted by Gasteiger charge is 2.19. The first-order chi connectivity index (χ1) is 17.5. The second kappa shape index (κ2) is 10.3. The Balaban J connectivity index is 1.53. The molecular formula is C29H28FN3O3. The molecule has 5 rings (SSSR count). The number of rotatable bonds is 8. The first-order valence-electron chi connectivity index (χ1n) is 12.2. The number of H-pyrrole nitrogens is 1. The van der Waals surface area contributed by atoms with Gasteiger partial charge < -0.3 is 15.2 Å². The molecule has 1 aromatic heterocycles. The molecule has 0 aliphatic carbocycles. The molecule has 4 aromatic rings. The molecule has 3 aromatic carbocycles. The van der Waals surface area contributed by atoms with Gasteiger partial charge >= 0.3 is 5.97 Å². The lowest BCUT2D eigenvalue weighted by Gasteiger charge is -2.14. The second-order valence-electron chi connectivity index (χ2n) is 9.24. The molecule has 1 aliphatic rings. The van der Waals surface area contributed by atoms with Crippen LogP contribution in [0.25, 0.3) is 10.9 Å². The number of aromatic nitrogens is 1. The Morgan fingerprint density at radius 1 is 0.972 bits per heavy atom. The number of hydrogen-bond donors (Lipinski definition) is 3. The van der Waals surface area contributed by atoms with Gasteiger partial charge in [-0.15, -0.1) is 0 Å². The summed E-state index contributed by atoms with van der Waals surface area (Å²) in [5, 5.41) is 20.4. The van der Waals surface area contributed by atoms with Gasteiger partial charge in [-0.3, -0.25) is 9.69 Å². The Morgan fingerprint density at radius 3 is 2.36 bits per heavy atom. The zero-order valence-corrected chi connectivity index (χ0v) is 19.9. The fraction of sp³-hybridized carbons (Fsp3) is 0.241. The first kappa shape index (κ1) is 23.8. The minimum Gasteiger partial charge on any atom is -0.494 e. The minimum absolute atomic E-state index is 0.0544. The van der Waals surface area contributed by atoms with Crippen molar-refractivity contribution in [3.8, 4) is 5.88 Å². The number of hydrogen-bond acceptors (Lipinski definition) is 4. The summed E-state index contributed by atoms with van der Waals surface area (Å²) in [6, 6.07) is 19.9. The molecule has 0 saturated carbocycles. The molecule has 0 bridgehead atoms. The van der Waals surface area contributed by atoms with Crippen LogP contribution in [0.4, 0.5) is 10.1 Å². The van der Waals surface area contributed by atoms with Crippen molar-refractivity contribution in [3.05, 3.63) is 94.8 Å². The largest absolute Gasteiger partial charge is 0.494 e. The highest BCUT2D eigenvalue weighted by atomic mass is 19.1. The summed E-state index contributed by atoms with van der Waals surface area (Å²) in [6.07, 6.45) is 2.98. The highest BCUT2D eigenvalue weighted by Crippen LogP contribution is 2.32. The van der Waals surface area contributed by atoms with Crippen molar-refractivity contribution in [2.45, 2.75) is 32.2 Å². The lowest BCUT2D eigenvalue weighted by atomic mass is 9.98. The third-order valence-electron chi connectivity index (χ3n) is 6.61. The number of carboxylic acid groups (broad SMARTS) is 1. The van der Waals surface area contributed by atoms with Gasteiger partial charge in [-0.05, 0) is 73.8 Å². The Labute approximate surface area is 208 Å². The molecule has 1 fully saturated rings. The van der Waals surface area contributed by atoms with Crippen molar-refractivity contribution >= 4 is 28.3 Å². The summed E-state index contributed by atoms with van der Waals surface area (Å²) in [7, 11) is 0. The maximum absolute atomic E-state index is 13.8. The van der Waals surface area contributed by atoms with Crippen LogP contribution in [0.15, 0.2) is 71.7 Å². The fourth-order valence-electron chi connectivity index (χ4n) is 4.74. The van der Waals surface area contributed by atoms with Crippen LogP contribution in [0.5, 0.6) is 5.88 Å².